The van der Waals surface area contributed by atoms with Crippen molar-refractivity contribution in [3.8, 4) is 0 Å². The Kier molecular flexibility index (Phi) is 5.06. The summed E-state index contributed by atoms with van der Waals surface area (Å²) in [6.45, 7) is 3.22. The standard InChI is InChI=1S/C16H16F3N3O2/c1-9(11-5-3-4-6-12(11)16(17,18)19)10(2)20-15(24)13-7-8-14(23)22-21-13/h3-10H,1-2H3,(H,20,24)(H,22,23)/t9-,10+/m1/s1. The fourth-order valence-corrected chi connectivity index (χ4v) is 2.30. The Morgan fingerprint density at radius 1 is 1.17 bits per heavy atom. The van der Waals surface area contributed by atoms with Crippen LogP contribution in [0.4, 0.5) is 13.2 Å². The number of aromatic nitrogens is 2. The highest BCUT2D eigenvalue weighted by Crippen LogP contribution is 2.35. The molecule has 2 aromatic rings. The van der Waals surface area contributed by atoms with E-state index in [-0.39, 0.29) is 11.3 Å². The van der Waals surface area contributed by atoms with Crippen molar-refractivity contribution in [1.82, 2.24) is 15.5 Å². The summed E-state index contributed by atoms with van der Waals surface area (Å²) in [7, 11) is 0. The summed E-state index contributed by atoms with van der Waals surface area (Å²) in [5.41, 5.74) is -1.09. The van der Waals surface area contributed by atoms with E-state index in [0.29, 0.717) is 0 Å². The van der Waals surface area contributed by atoms with E-state index >= 15 is 0 Å². The number of nitrogens with one attached hydrogen (secondary N) is 2. The average Bonchev–Trinajstić information content (AvgIpc) is 2.53. The number of hydrogen-bond donors (Lipinski definition) is 2. The second kappa shape index (κ2) is 6.86. The number of carbonyl (C=O) groups excluding carboxylic acids is 1. The minimum atomic E-state index is -4.46. The number of carbonyl (C=O) groups is 1. The van der Waals surface area contributed by atoms with Crippen LogP contribution in [0.2, 0.25) is 0 Å². The SMILES string of the molecule is C[C@H](NC(=O)c1ccc(=O)[nH]n1)[C@@H](C)c1ccccc1C(F)(F)F. The highest BCUT2D eigenvalue weighted by Gasteiger charge is 2.35. The van der Waals surface area contributed by atoms with E-state index in [1.165, 1.54) is 24.3 Å². The minimum absolute atomic E-state index is 0.0160. The quantitative estimate of drug-likeness (QED) is 0.899. The number of nitrogens with zero attached hydrogens (tertiary/aromatic N) is 1. The molecular formula is C16H16F3N3O2. The van der Waals surface area contributed by atoms with Gasteiger partial charge >= 0.3 is 6.18 Å². The lowest BCUT2D eigenvalue weighted by Crippen LogP contribution is -2.37. The van der Waals surface area contributed by atoms with Gasteiger partial charge < -0.3 is 5.32 Å². The molecule has 24 heavy (non-hydrogen) atoms. The summed E-state index contributed by atoms with van der Waals surface area (Å²) >= 11 is 0. The molecule has 8 heteroatoms. The van der Waals surface area contributed by atoms with Crippen LogP contribution in [0.3, 0.4) is 0 Å². The molecule has 0 radical (unpaired) electrons. The molecule has 0 unspecified atom stereocenters. The van der Waals surface area contributed by atoms with Crippen molar-refractivity contribution in [2.75, 3.05) is 0 Å². The molecule has 0 spiro atoms. The van der Waals surface area contributed by atoms with E-state index < -0.39 is 35.2 Å². The number of H-pyrrole nitrogens is 1. The first-order valence-electron chi connectivity index (χ1n) is 7.23. The van der Waals surface area contributed by atoms with Crippen LogP contribution in [0.1, 0.15) is 41.4 Å². The molecule has 0 aliphatic carbocycles. The fourth-order valence-electron chi connectivity index (χ4n) is 2.30. The van der Waals surface area contributed by atoms with Gasteiger partial charge in [-0.15, -0.1) is 0 Å². The molecule has 0 bridgehead atoms. The Balaban J connectivity index is 2.18. The second-order valence-electron chi connectivity index (χ2n) is 5.44. The van der Waals surface area contributed by atoms with Gasteiger partial charge in [-0.05, 0) is 24.6 Å². The van der Waals surface area contributed by atoms with Crippen LogP contribution in [0.5, 0.6) is 0 Å². The smallest absolute Gasteiger partial charge is 0.348 e. The lowest BCUT2D eigenvalue weighted by molar-refractivity contribution is -0.138. The molecule has 2 rings (SSSR count). The molecular weight excluding hydrogens is 323 g/mol. The average molecular weight is 339 g/mol. The van der Waals surface area contributed by atoms with Gasteiger partial charge in [0.25, 0.3) is 11.5 Å². The zero-order chi connectivity index (χ0) is 17.9. The summed E-state index contributed by atoms with van der Waals surface area (Å²) in [5.74, 6) is -1.15. The lowest BCUT2D eigenvalue weighted by atomic mass is 9.90. The third-order valence-corrected chi connectivity index (χ3v) is 3.78. The summed E-state index contributed by atoms with van der Waals surface area (Å²) < 4.78 is 39.3. The van der Waals surface area contributed by atoms with Gasteiger partial charge in [-0.3, -0.25) is 9.59 Å². The van der Waals surface area contributed by atoms with Crippen LogP contribution in [0.15, 0.2) is 41.2 Å². The lowest BCUT2D eigenvalue weighted by Gasteiger charge is -2.24. The number of halogens is 3. The van der Waals surface area contributed by atoms with Crippen LogP contribution in [-0.4, -0.2) is 22.1 Å². The molecule has 2 atom stereocenters. The Labute approximate surface area is 135 Å². The van der Waals surface area contributed by atoms with E-state index in [1.54, 1.807) is 13.8 Å². The van der Waals surface area contributed by atoms with Crippen LogP contribution in [0, 0.1) is 0 Å². The zero-order valence-corrected chi connectivity index (χ0v) is 13.0. The Morgan fingerprint density at radius 3 is 2.42 bits per heavy atom. The van der Waals surface area contributed by atoms with Crippen molar-refractivity contribution in [2.24, 2.45) is 0 Å². The number of amides is 1. The normalized spacial score (nSPS) is 14.0. The molecule has 1 heterocycles. The fraction of sp³-hybridized carbons (Fsp3) is 0.312. The predicted octanol–water partition coefficient (Wildman–Crippen LogP) is 2.71. The first-order valence-corrected chi connectivity index (χ1v) is 7.23. The van der Waals surface area contributed by atoms with Gasteiger partial charge in [0.1, 0.15) is 5.69 Å². The van der Waals surface area contributed by atoms with E-state index in [2.05, 4.69) is 15.5 Å². The van der Waals surface area contributed by atoms with Crippen LogP contribution < -0.4 is 10.9 Å². The van der Waals surface area contributed by atoms with Crippen molar-refractivity contribution in [3.05, 3.63) is 63.6 Å². The van der Waals surface area contributed by atoms with Gasteiger partial charge in [0.2, 0.25) is 0 Å². The van der Waals surface area contributed by atoms with Crippen molar-refractivity contribution in [3.63, 3.8) is 0 Å². The van der Waals surface area contributed by atoms with Crippen molar-refractivity contribution >= 4 is 5.91 Å². The summed E-state index contributed by atoms with van der Waals surface area (Å²) in [6, 6.07) is 7.09. The van der Waals surface area contributed by atoms with E-state index in [4.69, 9.17) is 0 Å². The number of rotatable bonds is 4. The van der Waals surface area contributed by atoms with Gasteiger partial charge in [0.15, 0.2) is 0 Å². The molecule has 0 aliphatic heterocycles. The topological polar surface area (TPSA) is 74.8 Å². The molecule has 0 saturated heterocycles. The molecule has 0 fully saturated rings. The maximum absolute atomic E-state index is 13.1. The highest BCUT2D eigenvalue weighted by atomic mass is 19.4. The number of aromatic amines is 1. The highest BCUT2D eigenvalue weighted by molar-refractivity contribution is 5.92. The first kappa shape index (κ1) is 17.7. The zero-order valence-electron chi connectivity index (χ0n) is 13.0. The Morgan fingerprint density at radius 2 is 1.83 bits per heavy atom. The number of hydrogen-bond acceptors (Lipinski definition) is 3. The van der Waals surface area contributed by atoms with Gasteiger partial charge in [0.05, 0.1) is 5.56 Å². The van der Waals surface area contributed by atoms with Crippen molar-refractivity contribution in [1.29, 1.82) is 0 Å². The van der Waals surface area contributed by atoms with E-state index in [0.717, 1.165) is 12.1 Å². The molecule has 1 aromatic heterocycles. The van der Waals surface area contributed by atoms with E-state index in [9.17, 15) is 22.8 Å². The van der Waals surface area contributed by atoms with Gasteiger partial charge in [-0.1, -0.05) is 25.1 Å². The first-order chi connectivity index (χ1) is 11.2. The molecule has 5 nitrogen and oxygen atoms in total. The summed E-state index contributed by atoms with van der Waals surface area (Å²) in [5, 5.41) is 8.32. The van der Waals surface area contributed by atoms with Crippen LogP contribution in [0.25, 0.3) is 0 Å². The second-order valence-corrected chi connectivity index (χ2v) is 5.44. The predicted molar refractivity (Wildman–Crippen MR) is 81.6 cm³/mol. The largest absolute Gasteiger partial charge is 0.416 e. The minimum Gasteiger partial charge on any atom is -0.348 e. The summed E-state index contributed by atoms with van der Waals surface area (Å²) in [6.07, 6.45) is -4.46. The molecule has 1 amide bonds. The number of alkyl halides is 3. The Hall–Kier alpha value is -2.64. The maximum Gasteiger partial charge on any atom is 0.416 e. The van der Waals surface area contributed by atoms with Gasteiger partial charge in [0, 0.05) is 18.0 Å². The molecule has 2 N–H and O–H groups in total. The summed E-state index contributed by atoms with van der Waals surface area (Å²) in [4.78, 5) is 23.0. The molecule has 0 saturated carbocycles. The monoisotopic (exact) mass is 339 g/mol. The van der Waals surface area contributed by atoms with Crippen molar-refractivity contribution < 1.29 is 18.0 Å². The third kappa shape index (κ3) is 4.01. The molecule has 1 aromatic carbocycles. The Bertz CT molecular complexity index is 766. The third-order valence-electron chi connectivity index (χ3n) is 3.78. The van der Waals surface area contributed by atoms with E-state index in [1.807, 2.05) is 0 Å². The van der Waals surface area contributed by atoms with Gasteiger partial charge in [-0.25, -0.2) is 5.10 Å². The molecule has 0 aliphatic rings. The van der Waals surface area contributed by atoms with Crippen molar-refractivity contribution in [2.45, 2.75) is 32.0 Å². The van der Waals surface area contributed by atoms with Crippen LogP contribution >= 0.6 is 0 Å². The van der Waals surface area contributed by atoms with Crippen LogP contribution in [-0.2, 0) is 6.18 Å². The molecule has 128 valence electrons. The maximum atomic E-state index is 13.1. The van der Waals surface area contributed by atoms with Gasteiger partial charge in [-0.2, -0.15) is 18.3 Å². The number of benzene rings is 1.